The van der Waals surface area contributed by atoms with Gasteiger partial charge in [-0.1, -0.05) is 24.3 Å². The molecule has 4 rings (SSSR count). The molecule has 0 amide bonds. The van der Waals surface area contributed by atoms with Gasteiger partial charge < -0.3 is 15.5 Å². The first kappa shape index (κ1) is 21.0. The zero-order chi connectivity index (χ0) is 21.8. The van der Waals surface area contributed by atoms with Crippen LogP contribution in [0, 0.1) is 10.1 Å². The summed E-state index contributed by atoms with van der Waals surface area (Å²) >= 11 is 0. The highest BCUT2D eigenvalue weighted by molar-refractivity contribution is 5.90. The molecule has 2 aromatic carbocycles. The van der Waals surface area contributed by atoms with Crippen LogP contribution in [0.2, 0.25) is 0 Å². The standard InChI is InChI=1S/C23H28N6O2/c1-28(2)22-20-5-3-4-6-21(20)26-23(27-22)25-18-11-9-17(10-12-18)24-15-16-7-13-19(14-8-16)29(30)31/h3-8,13-14,17-18,24H,9-12,15H2,1-2H3,(H,25,26,27). The molecule has 1 aliphatic rings. The van der Waals surface area contributed by atoms with Crippen molar-refractivity contribution in [3.63, 3.8) is 0 Å². The van der Waals surface area contributed by atoms with Crippen molar-refractivity contribution in [2.75, 3.05) is 24.3 Å². The Balaban J connectivity index is 1.31. The minimum atomic E-state index is -0.369. The molecular weight excluding hydrogens is 392 g/mol. The van der Waals surface area contributed by atoms with Crippen molar-refractivity contribution in [2.45, 2.75) is 44.3 Å². The molecule has 0 saturated heterocycles. The van der Waals surface area contributed by atoms with Crippen LogP contribution in [0.5, 0.6) is 0 Å². The van der Waals surface area contributed by atoms with Crippen molar-refractivity contribution in [1.82, 2.24) is 15.3 Å². The predicted molar refractivity (Wildman–Crippen MR) is 123 cm³/mol. The molecule has 31 heavy (non-hydrogen) atoms. The SMILES string of the molecule is CN(C)c1nc(NC2CCC(NCc3ccc([N+](=O)[O-])cc3)CC2)nc2ccccc12. The number of benzene rings is 2. The van der Waals surface area contributed by atoms with Gasteiger partial charge in [0, 0.05) is 50.2 Å². The van der Waals surface area contributed by atoms with E-state index in [4.69, 9.17) is 9.97 Å². The summed E-state index contributed by atoms with van der Waals surface area (Å²) in [6.45, 7) is 0.723. The fourth-order valence-electron chi connectivity index (χ4n) is 4.09. The Morgan fingerprint density at radius 2 is 1.68 bits per heavy atom. The third kappa shape index (κ3) is 5.08. The quantitative estimate of drug-likeness (QED) is 0.438. The zero-order valence-electron chi connectivity index (χ0n) is 17.9. The number of nitro groups is 1. The average Bonchev–Trinajstić information content (AvgIpc) is 2.78. The van der Waals surface area contributed by atoms with E-state index in [0.29, 0.717) is 18.0 Å². The molecule has 1 aromatic heterocycles. The summed E-state index contributed by atoms with van der Waals surface area (Å²) in [5.41, 5.74) is 2.14. The van der Waals surface area contributed by atoms with Crippen LogP contribution in [0.4, 0.5) is 17.5 Å². The van der Waals surface area contributed by atoms with E-state index in [0.717, 1.165) is 54.5 Å². The number of nitrogens with zero attached hydrogens (tertiary/aromatic N) is 4. The van der Waals surface area contributed by atoms with Gasteiger partial charge in [-0.3, -0.25) is 10.1 Å². The van der Waals surface area contributed by atoms with Crippen molar-refractivity contribution in [1.29, 1.82) is 0 Å². The van der Waals surface area contributed by atoms with E-state index in [1.807, 2.05) is 49.3 Å². The normalized spacial score (nSPS) is 18.6. The molecule has 8 nitrogen and oxygen atoms in total. The lowest BCUT2D eigenvalue weighted by molar-refractivity contribution is -0.384. The van der Waals surface area contributed by atoms with Crippen molar-refractivity contribution in [3.8, 4) is 0 Å². The first-order valence-corrected chi connectivity index (χ1v) is 10.7. The molecule has 2 N–H and O–H groups in total. The molecule has 0 bridgehead atoms. The molecule has 0 spiro atoms. The summed E-state index contributed by atoms with van der Waals surface area (Å²) < 4.78 is 0. The highest BCUT2D eigenvalue weighted by Gasteiger charge is 2.22. The van der Waals surface area contributed by atoms with E-state index in [1.54, 1.807) is 12.1 Å². The lowest BCUT2D eigenvalue weighted by Crippen LogP contribution is -2.37. The van der Waals surface area contributed by atoms with Crippen molar-refractivity contribution in [2.24, 2.45) is 0 Å². The fourth-order valence-corrected chi connectivity index (χ4v) is 4.09. The number of nitro benzene ring substituents is 1. The predicted octanol–water partition coefficient (Wildman–Crippen LogP) is 4.12. The number of nitrogens with one attached hydrogen (secondary N) is 2. The minimum Gasteiger partial charge on any atom is -0.362 e. The molecular formula is C23H28N6O2. The molecule has 3 aromatic rings. The summed E-state index contributed by atoms with van der Waals surface area (Å²) in [4.78, 5) is 21.9. The van der Waals surface area contributed by atoms with E-state index >= 15 is 0 Å². The van der Waals surface area contributed by atoms with Gasteiger partial charge in [-0.25, -0.2) is 4.98 Å². The summed E-state index contributed by atoms with van der Waals surface area (Å²) in [6.07, 6.45) is 4.23. The van der Waals surface area contributed by atoms with Crippen molar-refractivity contribution < 1.29 is 4.92 Å². The number of hydrogen-bond donors (Lipinski definition) is 2. The Labute approximate surface area is 181 Å². The van der Waals surface area contributed by atoms with Gasteiger partial charge >= 0.3 is 0 Å². The number of non-ortho nitro benzene ring substituents is 1. The lowest BCUT2D eigenvalue weighted by atomic mass is 9.91. The van der Waals surface area contributed by atoms with E-state index in [-0.39, 0.29) is 10.6 Å². The van der Waals surface area contributed by atoms with Crippen LogP contribution < -0.4 is 15.5 Å². The van der Waals surface area contributed by atoms with Gasteiger partial charge in [0.25, 0.3) is 5.69 Å². The summed E-state index contributed by atoms with van der Waals surface area (Å²) in [5.74, 6) is 1.61. The zero-order valence-corrected chi connectivity index (χ0v) is 17.9. The average molecular weight is 421 g/mol. The molecule has 0 radical (unpaired) electrons. The third-order valence-corrected chi connectivity index (χ3v) is 5.81. The van der Waals surface area contributed by atoms with Crippen LogP contribution in [0.1, 0.15) is 31.2 Å². The molecule has 1 fully saturated rings. The summed E-state index contributed by atoms with van der Waals surface area (Å²) in [7, 11) is 4.00. The highest BCUT2D eigenvalue weighted by atomic mass is 16.6. The number of anilines is 2. The Morgan fingerprint density at radius 3 is 2.35 bits per heavy atom. The van der Waals surface area contributed by atoms with Crippen molar-refractivity contribution in [3.05, 3.63) is 64.2 Å². The molecule has 0 aliphatic heterocycles. The maximum Gasteiger partial charge on any atom is 0.269 e. The van der Waals surface area contributed by atoms with Gasteiger partial charge in [-0.15, -0.1) is 0 Å². The smallest absolute Gasteiger partial charge is 0.269 e. The Kier molecular flexibility index (Phi) is 6.27. The second-order valence-electron chi connectivity index (χ2n) is 8.28. The van der Waals surface area contributed by atoms with Crippen LogP contribution in [0.25, 0.3) is 10.9 Å². The van der Waals surface area contributed by atoms with Crippen LogP contribution in [-0.2, 0) is 6.54 Å². The number of hydrogen-bond acceptors (Lipinski definition) is 7. The summed E-state index contributed by atoms with van der Waals surface area (Å²) in [5, 5.41) is 18.9. The van der Waals surface area contributed by atoms with E-state index < -0.39 is 0 Å². The third-order valence-electron chi connectivity index (χ3n) is 5.81. The first-order chi connectivity index (χ1) is 15.0. The Hall–Kier alpha value is -3.26. The molecule has 162 valence electrons. The van der Waals surface area contributed by atoms with E-state index in [9.17, 15) is 10.1 Å². The number of rotatable bonds is 7. The number of para-hydroxylation sites is 1. The molecule has 1 saturated carbocycles. The van der Waals surface area contributed by atoms with Gasteiger partial charge in [-0.2, -0.15) is 4.98 Å². The Morgan fingerprint density at radius 1 is 1.00 bits per heavy atom. The second kappa shape index (κ2) is 9.26. The van der Waals surface area contributed by atoms with Crippen molar-refractivity contribution >= 4 is 28.4 Å². The van der Waals surface area contributed by atoms with E-state index in [2.05, 4.69) is 16.7 Å². The highest BCUT2D eigenvalue weighted by Crippen LogP contribution is 2.26. The fraction of sp³-hybridized carbons (Fsp3) is 0.391. The maximum absolute atomic E-state index is 10.8. The molecule has 0 unspecified atom stereocenters. The second-order valence-corrected chi connectivity index (χ2v) is 8.28. The monoisotopic (exact) mass is 420 g/mol. The maximum atomic E-state index is 10.8. The van der Waals surface area contributed by atoms with Gasteiger partial charge in [0.1, 0.15) is 5.82 Å². The van der Waals surface area contributed by atoms with Gasteiger partial charge in [0.05, 0.1) is 10.4 Å². The molecule has 1 heterocycles. The molecule has 8 heteroatoms. The van der Waals surface area contributed by atoms with Crippen LogP contribution in [0.3, 0.4) is 0 Å². The topological polar surface area (TPSA) is 96.2 Å². The van der Waals surface area contributed by atoms with Gasteiger partial charge in [0.2, 0.25) is 5.95 Å². The van der Waals surface area contributed by atoms with Crippen LogP contribution in [0.15, 0.2) is 48.5 Å². The minimum absolute atomic E-state index is 0.128. The Bertz CT molecular complexity index is 1050. The first-order valence-electron chi connectivity index (χ1n) is 10.7. The van der Waals surface area contributed by atoms with Crippen LogP contribution in [-0.4, -0.2) is 41.1 Å². The van der Waals surface area contributed by atoms with E-state index in [1.165, 1.54) is 0 Å². The number of aromatic nitrogens is 2. The van der Waals surface area contributed by atoms with Gasteiger partial charge in [0.15, 0.2) is 0 Å². The van der Waals surface area contributed by atoms with Gasteiger partial charge in [-0.05, 0) is 43.4 Å². The van der Waals surface area contributed by atoms with Crippen LogP contribution >= 0.6 is 0 Å². The summed E-state index contributed by atoms with van der Waals surface area (Å²) in [6, 6.07) is 15.6. The molecule has 0 atom stereocenters. The number of fused-ring (bicyclic) bond motifs is 1. The molecule has 1 aliphatic carbocycles. The largest absolute Gasteiger partial charge is 0.362 e. The lowest BCUT2D eigenvalue weighted by Gasteiger charge is -2.30.